The lowest BCUT2D eigenvalue weighted by molar-refractivity contribution is -0.139. The zero-order valence-electron chi connectivity index (χ0n) is 20.9. The van der Waals surface area contributed by atoms with Crippen molar-refractivity contribution in [2.75, 3.05) is 23.7 Å². The molecule has 196 valence electrons. The Kier molecular flexibility index (Phi) is 9.62. The molecule has 3 rings (SSSR count). The maximum absolute atomic E-state index is 13.7. The molecule has 1 fully saturated rings. The van der Waals surface area contributed by atoms with Crippen LogP contribution in [0, 0.1) is 0 Å². The number of amides is 2. The SMILES string of the molecule is CCOc1ccccc1N(CC(=O)N(Cc1cccc(Cl)c1)[C@H](C)C(=O)NC1CCCC1)S(C)(=O)=O. The van der Waals surface area contributed by atoms with Gasteiger partial charge in [0.1, 0.15) is 18.3 Å². The van der Waals surface area contributed by atoms with E-state index in [-0.39, 0.29) is 24.2 Å². The number of carbonyl (C=O) groups excluding carboxylic acids is 2. The number of halogens is 1. The van der Waals surface area contributed by atoms with E-state index < -0.39 is 28.5 Å². The average molecular weight is 536 g/mol. The van der Waals surface area contributed by atoms with E-state index in [1.807, 2.05) is 6.07 Å². The Morgan fingerprint density at radius 2 is 1.83 bits per heavy atom. The van der Waals surface area contributed by atoms with Gasteiger partial charge in [-0.15, -0.1) is 0 Å². The van der Waals surface area contributed by atoms with Crippen molar-refractivity contribution in [2.45, 2.75) is 58.2 Å². The minimum atomic E-state index is -3.85. The van der Waals surface area contributed by atoms with Crippen LogP contribution in [0.5, 0.6) is 5.75 Å². The van der Waals surface area contributed by atoms with Crippen molar-refractivity contribution in [3.8, 4) is 5.75 Å². The van der Waals surface area contributed by atoms with Gasteiger partial charge in [0.2, 0.25) is 21.8 Å². The topological polar surface area (TPSA) is 96.0 Å². The summed E-state index contributed by atoms with van der Waals surface area (Å²) in [6, 6.07) is 13.0. The molecule has 0 aliphatic heterocycles. The summed E-state index contributed by atoms with van der Waals surface area (Å²) in [6.07, 6.45) is 4.99. The third-order valence-corrected chi connectivity index (χ3v) is 7.59. The maximum atomic E-state index is 13.7. The quantitative estimate of drug-likeness (QED) is 0.469. The minimum Gasteiger partial charge on any atom is -0.492 e. The number of carbonyl (C=O) groups is 2. The fraction of sp³-hybridized carbons (Fsp3) is 0.462. The summed E-state index contributed by atoms with van der Waals surface area (Å²) in [5.41, 5.74) is 0.998. The summed E-state index contributed by atoms with van der Waals surface area (Å²) < 4.78 is 32.2. The smallest absolute Gasteiger partial charge is 0.244 e. The van der Waals surface area contributed by atoms with E-state index in [1.54, 1.807) is 56.3 Å². The third-order valence-electron chi connectivity index (χ3n) is 6.22. The highest BCUT2D eigenvalue weighted by Gasteiger charge is 2.32. The van der Waals surface area contributed by atoms with E-state index in [1.165, 1.54) is 4.90 Å². The molecule has 0 heterocycles. The fourth-order valence-corrected chi connectivity index (χ4v) is 5.41. The van der Waals surface area contributed by atoms with E-state index >= 15 is 0 Å². The van der Waals surface area contributed by atoms with Gasteiger partial charge in [0.25, 0.3) is 0 Å². The van der Waals surface area contributed by atoms with E-state index in [2.05, 4.69) is 5.32 Å². The third kappa shape index (κ3) is 7.36. The van der Waals surface area contributed by atoms with Gasteiger partial charge in [0.15, 0.2) is 0 Å². The van der Waals surface area contributed by atoms with Crippen LogP contribution in [0.4, 0.5) is 5.69 Å². The van der Waals surface area contributed by atoms with Crippen LogP contribution in [-0.4, -0.2) is 56.6 Å². The molecular weight excluding hydrogens is 502 g/mol. The molecule has 36 heavy (non-hydrogen) atoms. The molecule has 2 aromatic rings. The second-order valence-electron chi connectivity index (χ2n) is 8.99. The summed E-state index contributed by atoms with van der Waals surface area (Å²) in [5.74, 6) is -0.426. The Labute approximate surface area is 218 Å². The number of nitrogens with zero attached hydrogens (tertiary/aromatic N) is 2. The van der Waals surface area contributed by atoms with Crippen molar-refractivity contribution >= 4 is 39.1 Å². The number of benzene rings is 2. The Hall–Kier alpha value is -2.78. The van der Waals surface area contributed by atoms with Crippen molar-refractivity contribution in [1.82, 2.24) is 10.2 Å². The first-order chi connectivity index (χ1) is 17.1. The van der Waals surface area contributed by atoms with Gasteiger partial charge in [0, 0.05) is 17.6 Å². The van der Waals surface area contributed by atoms with E-state index in [4.69, 9.17) is 16.3 Å². The molecule has 1 saturated carbocycles. The lowest BCUT2D eigenvalue weighted by Gasteiger charge is -2.32. The number of nitrogens with one attached hydrogen (secondary N) is 1. The molecule has 1 atom stereocenters. The predicted molar refractivity (Wildman–Crippen MR) is 142 cm³/mol. The first-order valence-electron chi connectivity index (χ1n) is 12.1. The Morgan fingerprint density at radius 3 is 2.47 bits per heavy atom. The van der Waals surface area contributed by atoms with Crippen LogP contribution in [0.15, 0.2) is 48.5 Å². The molecule has 1 N–H and O–H groups in total. The molecule has 10 heteroatoms. The zero-order valence-corrected chi connectivity index (χ0v) is 22.5. The summed E-state index contributed by atoms with van der Waals surface area (Å²) in [4.78, 5) is 28.2. The van der Waals surface area contributed by atoms with Crippen LogP contribution < -0.4 is 14.4 Å². The number of para-hydroxylation sites is 2. The monoisotopic (exact) mass is 535 g/mol. The predicted octanol–water partition coefficient (Wildman–Crippen LogP) is 3.98. The van der Waals surface area contributed by atoms with E-state index in [0.29, 0.717) is 17.4 Å². The molecule has 1 aliphatic rings. The lowest BCUT2D eigenvalue weighted by Crippen LogP contribution is -2.52. The van der Waals surface area contributed by atoms with Gasteiger partial charge in [0.05, 0.1) is 18.6 Å². The van der Waals surface area contributed by atoms with Crippen molar-refractivity contribution in [1.29, 1.82) is 0 Å². The molecular formula is C26H34ClN3O5S. The lowest BCUT2D eigenvalue weighted by atomic mass is 10.1. The first kappa shape index (κ1) is 27.8. The molecule has 2 amide bonds. The maximum Gasteiger partial charge on any atom is 0.244 e. The molecule has 8 nitrogen and oxygen atoms in total. The van der Waals surface area contributed by atoms with Crippen molar-refractivity contribution in [3.63, 3.8) is 0 Å². The van der Waals surface area contributed by atoms with Crippen LogP contribution in [0.1, 0.15) is 45.1 Å². The van der Waals surface area contributed by atoms with Crippen molar-refractivity contribution < 1.29 is 22.7 Å². The Bertz CT molecular complexity index is 1170. The van der Waals surface area contributed by atoms with Crippen LogP contribution in [0.2, 0.25) is 5.02 Å². The van der Waals surface area contributed by atoms with E-state index in [9.17, 15) is 18.0 Å². The number of anilines is 1. The molecule has 0 saturated heterocycles. The summed E-state index contributed by atoms with van der Waals surface area (Å²) in [5, 5.41) is 3.55. The zero-order chi connectivity index (χ0) is 26.3. The number of hydrogen-bond acceptors (Lipinski definition) is 5. The average Bonchev–Trinajstić information content (AvgIpc) is 3.33. The molecule has 2 aromatic carbocycles. The molecule has 1 aliphatic carbocycles. The van der Waals surface area contributed by atoms with Gasteiger partial charge in [-0.25, -0.2) is 8.42 Å². The second-order valence-corrected chi connectivity index (χ2v) is 11.3. The van der Waals surface area contributed by atoms with Gasteiger partial charge < -0.3 is 15.0 Å². The molecule has 0 spiro atoms. The standard InChI is InChI=1S/C26H34ClN3O5S/c1-4-35-24-15-8-7-14-23(24)30(36(3,33)34)18-25(31)29(17-20-10-9-11-21(27)16-20)19(2)26(32)28-22-12-5-6-13-22/h7-11,14-16,19,22H,4-6,12-13,17-18H2,1-3H3,(H,28,32)/t19-/m1/s1. The number of rotatable bonds is 11. The highest BCUT2D eigenvalue weighted by atomic mass is 35.5. The van der Waals surface area contributed by atoms with Crippen LogP contribution in [-0.2, 0) is 26.2 Å². The number of hydrogen-bond donors (Lipinski definition) is 1. The minimum absolute atomic E-state index is 0.0914. The molecule has 0 unspecified atom stereocenters. The van der Waals surface area contributed by atoms with Crippen LogP contribution in [0.3, 0.4) is 0 Å². The van der Waals surface area contributed by atoms with Gasteiger partial charge in [-0.3, -0.25) is 13.9 Å². The molecule has 0 bridgehead atoms. The van der Waals surface area contributed by atoms with Crippen LogP contribution >= 0.6 is 11.6 Å². The van der Waals surface area contributed by atoms with Gasteiger partial charge in [-0.2, -0.15) is 0 Å². The van der Waals surface area contributed by atoms with Gasteiger partial charge in [-0.1, -0.05) is 48.7 Å². The number of ether oxygens (including phenoxy) is 1. The van der Waals surface area contributed by atoms with Gasteiger partial charge >= 0.3 is 0 Å². The van der Waals surface area contributed by atoms with Crippen molar-refractivity contribution in [2.24, 2.45) is 0 Å². The summed E-state index contributed by atoms with van der Waals surface area (Å²) in [7, 11) is -3.85. The van der Waals surface area contributed by atoms with Crippen molar-refractivity contribution in [3.05, 3.63) is 59.1 Å². The Balaban J connectivity index is 1.91. The Morgan fingerprint density at radius 1 is 1.14 bits per heavy atom. The summed E-state index contributed by atoms with van der Waals surface area (Å²) >= 11 is 6.15. The largest absolute Gasteiger partial charge is 0.492 e. The second kappa shape index (κ2) is 12.5. The highest BCUT2D eigenvalue weighted by molar-refractivity contribution is 7.92. The fourth-order valence-electron chi connectivity index (χ4n) is 4.34. The summed E-state index contributed by atoms with van der Waals surface area (Å²) in [6.45, 7) is 3.41. The normalized spacial score (nSPS) is 14.8. The first-order valence-corrected chi connectivity index (χ1v) is 14.4. The molecule has 0 aromatic heterocycles. The van der Waals surface area contributed by atoms with Crippen LogP contribution in [0.25, 0.3) is 0 Å². The van der Waals surface area contributed by atoms with Gasteiger partial charge in [-0.05, 0) is 56.5 Å². The highest BCUT2D eigenvalue weighted by Crippen LogP contribution is 2.30. The number of sulfonamides is 1. The molecule has 0 radical (unpaired) electrons. The van der Waals surface area contributed by atoms with E-state index in [0.717, 1.165) is 41.8 Å².